The largest absolute Gasteiger partial charge is 0.0619 e. The number of benzene rings is 4. The maximum Gasteiger partial charge on any atom is 0.0178 e. The molecule has 0 saturated carbocycles. The van der Waals surface area contributed by atoms with Gasteiger partial charge in [-0.3, -0.25) is 0 Å². The molecule has 0 unspecified atom stereocenters. The second kappa shape index (κ2) is 7.35. The van der Waals surface area contributed by atoms with Crippen LogP contribution in [0, 0.1) is 0 Å². The van der Waals surface area contributed by atoms with Gasteiger partial charge >= 0.3 is 0 Å². The molecule has 0 aliphatic heterocycles. The molecule has 0 radical (unpaired) electrons. The van der Waals surface area contributed by atoms with E-state index in [-0.39, 0.29) is 0 Å². The molecule has 4 aromatic carbocycles. The van der Waals surface area contributed by atoms with Crippen LogP contribution in [0.3, 0.4) is 0 Å². The molecular formula is C26H18Br2. The van der Waals surface area contributed by atoms with Crippen LogP contribution in [0.1, 0.15) is 22.3 Å². The van der Waals surface area contributed by atoms with Gasteiger partial charge in [0.25, 0.3) is 0 Å². The highest BCUT2D eigenvalue weighted by Gasteiger charge is 2.18. The maximum absolute atomic E-state index is 3.51. The summed E-state index contributed by atoms with van der Waals surface area (Å²) in [6.45, 7) is 0. The number of hydrogen-bond acceptors (Lipinski definition) is 0. The standard InChI is InChI=1S/C13H8Br2.C13H10/c14-10-1-3-12-8(6-10)5-9-7-11(15)2-4-13(9)12;1-3-7-12-10(5-1)9-11-6-2-4-8-13(11)12/h1-4,6-7H,5H2;1-8H,9H2. The highest BCUT2D eigenvalue weighted by Crippen LogP contribution is 2.39. The minimum absolute atomic E-state index is 1.05. The van der Waals surface area contributed by atoms with Gasteiger partial charge in [-0.15, -0.1) is 0 Å². The SMILES string of the molecule is Brc1ccc2c(c1)Cc1cc(Br)ccc1-2.c1ccc2c(c1)Cc1ccccc1-2. The lowest BCUT2D eigenvalue weighted by Gasteiger charge is -2.00. The van der Waals surface area contributed by atoms with Crippen LogP contribution in [-0.2, 0) is 12.8 Å². The zero-order valence-electron chi connectivity index (χ0n) is 15.3. The molecule has 6 rings (SSSR count). The minimum atomic E-state index is 1.05. The molecule has 0 spiro atoms. The summed E-state index contributed by atoms with van der Waals surface area (Å²) < 4.78 is 2.32. The van der Waals surface area contributed by atoms with E-state index in [2.05, 4.69) is 117 Å². The zero-order valence-corrected chi connectivity index (χ0v) is 18.4. The van der Waals surface area contributed by atoms with Gasteiger partial charge in [0.1, 0.15) is 0 Å². The molecule has 0 bridgehead atoms. The Kier molecular flexibility index (Phi) is 4.70. The van der Waals surface area contributed by atoms with Gasteiger partial charge in [0.05, 0.1) is 0 Å². The summed E-state index contributed by atoms with van der Waals surface area (Å²) in [4.78, 5) is 0. The Morgan fingerprint density at radius 2 is 0.821 bits per heavy atom. The third-order valence-electron chi connectivity index (χ3n) is 5.51. The van der Waals surface area contributed by atoms with Crippen LogP contribution in [0.5, 0.6) is 0 Å². The molecule has 0 N–H and O–H groups in total. The lowest BCUT2D eigenvalue weighted by molar-refractivity contribution is 1.25. The summed E-state index contributed by atoms with van der Waals surface area (Å²) in [5.74, 6) is 0. The lowest BCUT2D eigenvalue weighted by atomic mass is 10.1. The van der Waals surface area contributed by atoms with Crippen LogP contribution in [0.25, 0.3) is 22.3 Å². The van der Waals surface area contributed by atoms with Crippen LogP contribution in [-0.4, -0.2) is 0 Å². The van der Waals surface area contributed by atoms with Crippen molar-refractivity contribution in [1.82, 2.24) is 0 Å². The van der Waals surface area contributed by atoms with Crippen molar-refractivity contribution in [2.24, 2.45) is 0 Å². The molecule has 0 aromatic heterocycles. The summed E-state index contributed by atoms with van der Waals surface area (Å²) >= 11 is 7.03. The first-order valence-corrected chi connectivity index (χ1v) is 11.0. The Morgan fingerprint density at radius 3 is 1.32 bits per heavy atom. The monoisotopic (exact) mass is 488 g/mol. The van der Waals surface area contributed by atoms with Gasteiger partial charge in [-0.25, -0.2) is 0 Å². The van der Waals surface area contributed by atoms with E-state index in [9.17, 15) is 0 Å². The van der Waals surface area contributed by atoms with E-state index >= 15 is 0 Å². The van der Waals surface area contributed by atoms with Crippen molar-refractivity contribution in [3.63, 3.8) is 0 Å². The molecule has 2 aliphatic carbocycles. The van der Waals surface area contributed by atoms with Gasteiger partial charge in [-0.1, -0.05) is 92.5 Å². The van der Waals surface area contributed by atoms with E-state index in [1.165, 1.54) is 44.5 Å². The molecule has 0 saturated heterocycles. The lowest BCUT2D eigenvalue weighted by Crippen LogP contribution is -1.79. The van der Waals surface area contributed by atoms with Crippen molar-refractivity contribution in [2.75, 3.05) is 0 Å². The smallest absolute Gasteiger partial charge is 0.0178 e. The van der Waals surface area contributed by atoms with Crippen LogP contribution >= 0.6 is 31.9 Å². The van der Waals surface area contributed by atoms with Gasteiger partial charge < -0.3 is 0 Å². The first-order chi connectivity index (χ1) is 13.7. The van der Waals surface area contributed by atoms with E-state index in [1.807, 2.05) is 0 Å². The topological polar surface area (TPSA) is 0 Å². The second-order valence-electron chi connectivity index (χ2n) is 7.27. The summed E-state index contributed by atoms with van der Waals surface area (Å²) in [6.07, 6.45) is 2.15. The molecule has 136 valence electrons. The van der Waals surface area contributed by atoms with Gasteiger partial charge in [0.15, 0.2) is 0 Å². The van der Waals surface area contributed by atoms with E-state index < -0.39 is 0 Å². The average molecular weight is 490 g/mol. The predicted octanol–water partition coefficient (Wildman–Crippen LogP) is 8.04. The Morgan fingerprint density at radius 1 is 0.429 bits per heavy atom. The molecule has 4 aromatic rings. The highest BCUT2D eigenvalue weighted by molar-refractivity contribution is 9.10. The summed E-state index contributed by atoms with van der Waals surface area (Å²) in [7, 11) is 0. The highest BCUT2D eigenvalue weighted by atomic mass is 79.9. The molecule has 28 heavy (non-hydrogen) atoms. The number of hydrogen-bond donors (Lipinski definition) is 0. The Bertz CT molecular complexity index is 1100. The van der Waals surface area contributed by atoms with Crippen molar-refractivity contribution in [1.29, 1.82) is 0 Å². The fourth-order valence-corrected chi connectivity index (χ4v) is 5.04. The van der Waals surface area contributed by atoms with E-state index in [0.29, 0.717) is 0 Å². The quantitative estimate of drug-likeness (QED) is 0.202. The second-order valence-corrected chi connectivity index (χ2v) is 9.10. The molecule has 0 nitrogen and oxygen atoms in total. The first-order valence-electron chi connectivity index (χ1n) is 9.42. The Balaban J connectivity index is 0.000000123. The first kappa shape index (κ1) is 17.9. The molecule has 2 aliphatic rings. The van der Waals surface area contributed by atoms with Crippen LogP contribution < -0.4 is 0 Å². The molecule has 0 atom stereocenters. The van der Waals surface area contributed by atoms with Crippen molar-refractivity contribution >= 4 is 31.9 Å². The maximum atomic E-state index is 3.51. The summed E-state index contributed by atoms with van der Waals surface area (Å²) in [5, 5.41) is 0. The zero-order chi connectivity index (χ0) is 19.1. The fourth-order valence-electron chi connectivity index (χ4n) is 4.23. The van der Waals surface area contributed by atoms with E-state index in [0.717, 1.165) is 21.8 Å². The van der Waals surface area contributed by atoms with Gasteiger partial charge in [0, 0.05) is 8.95 Å². The molecule has 0 amide bonds. The number of fused-ring (bicyclic) bond motifs is 6. The Hall–Kier alpha value is -2.16. The van der Waals surface area contributed by atoms with E-state index in [4.69, 9.17) is 0 Å². The van der Waals surface area contributed by atoms with Crippen LogP contribution in [0.4, 0.5) is 0 Å². The molecule has 2 heteroatoms. The van der Waals surface area contributed by atoms with Crippen molar-refractivity contribution in [2.45, 2.75) is 12.8 Å². The van der Waals surface area contributed by atoms with Crippen molar-refractivity contribution in [3.8, 4) is 22.3 Å². The Labute approximate surface area is 182 Å². The molecular weight excluding hydrogens is 472 g/mol. The van der Waals surface area contributed by atoms with Crippen molar-refractivity contribution in [3.05, 3.63) is 116 Å². The third kappa shape index (κ3) is 3.25. The van der Waals surface area contributed by atoms with Crippen LogP contribution in [0.2, 0.25) is 0 Å². The average Bonchev–Trinajstić information content (AvgIpc) is 3.25. The van der Waals surface area contributed by atoms with Gasteiger partial charge in [0.2, 0.25) is 0 Å². The van der Waals surface area contributed by atoms with Crippen LogP contribution in [0.15, 0.2) is 93.9 Å². The summed E-state index contributed by atoms with van der Waals surface area (Å²) in [6, 6.07) is 30.3. The summed E-state index contributed by atoms with van der Waals surface area (Å²) in [5.41, 5.74) is 11.3. The fraction of sp³-hybridized carbons (Fsp3) is 0.0769. The van der Waals surface area contributed by atoms with E-state index in [1.54, 1.807) is 0 Å². The van der Waals surface area contributed by atoms with Gasteiger partial charge in [-0.05, 0) is 81.6 Å². The minimum Gasteiger partial charge on any atom is -0.0619 e. The molecule has 0 fully saturated rings. The normalized spacial score (nSPS) is 12.4. The third-order valence-corrected chi connectivity index (χ3v) is 6.50. The number of rotatable bonds is 0. The van der Waals surface area contributed by atoms with Crippen molar-refractivity contribution < 1.29 is 0 Å². The predicted molar refractivity (Wildman–Crippen MR) is 125 cm³/mol. The molecule has 0 heterocycles. The van der Waals surface area contributed by atoms with Gasteiger partial charge in [-0.2, -0.15) is 0 Å². The number of halogens is 2.